The summed E-state index contributed by atoms with van der Waals surface area (Å²) < 4.78 is 0. The topological polar surface area (TPSA) is 53.1 Å². The van der Waals surface area contributed by atoms with Gasteiger partial charge >= 0.3 is 0 Å². The second-order valence-corrected chi connectivity index (χ2v) is 6.30. The van der Waals surface area contributed by atoms with E-state index in [9.17, 15) is 0 Å². The molecule has 5 heteroatoms. The van der Waals surface area contributed by atoms with Crippen molar-refractivity contribution in [2.24, 2.45) is 0 Å². The predicted octanol–water partition coefficient (Wildman–Crippen LogP) is 4.72. The number of nitrogens with one attached hydrogen (secondary N) is 2. The lowest BCUT2D eigenvalue weighted by Crippen LogP contribution is -2.21. The molecule has 0 aliphatic heterocycles. The van der Waals surface area contributed by atoms with Gasteiger partial charge in [-0.05, 0) is 50.1 Å². The highest BCUT2D eigenvalue weighted by molar-refractivity contribution is 5.62. The maximum atomic E-state index is 4.32. The van der Waals surface area contributed by atoms with Gasteiger partial charge in [-0.3, -0.25) is 0 Å². The molecule has 0 bridgehead atoms. The van der Waals surface area contributed by atoms with Crippen molar-refractivity contribution in [1.82, 2.24) is 9.97 Å². The number of nitrogens with zero attached hydrogens (tertiary/aromatic N) is 3. The first kappa shape index (κ1) is 18.7. The molecular weight excluding hydrogens is 334 g/mol. The van der Waals surface area contributed by atoms with Crippen LogP contribution in [-0.4, -0.2) is 29.6 Å². The summed E-state index contributed by atoms with van der Waals surface area (Å²) in [5.41, 5.74) is 3.56. The molecule has 2 N–H and O–H groups in total. The highest BCUT2D eigenvalue weighted by atomic mass is 15.1. The summed E-state index contributed by atoms with van der Waals surface area (Å²) >= 11 is 0. The molecule has 3 aromatic rings. The van der Waals surface area contributed by atoms with Crippen LogP contribution in [0.3, 0.4) is 0 Å². The molecule has 5 nitrogen and oxygen atoms in total. The molecule has 140 valence electrons. The minimum Gasteiger partial charge on any atom is -0.372 e. The Bertz CT molecular complexity index is 814. The van der Waals surface area contributed by atoms with Crippen LogP contribution in [0.25, 0.3) is 0 Å². The molecular formula is C22H27N5. The zero-order valence-corrected chi connectivity index (χ0v) is 16.0. The molecule has 3 rings (SSSR count). The van der Waals surface area contributed by atoms with Gasteiger partial charge in [-0.2, -0.15) is 0 Å². The van der Waals surface area contributed by atoms with Crippen LogP contribution in [0.1, 0.15) is 19.4 Å². The van der Waals surface area contributed by atoms with Crippen molar-refractivity contribution in [2.45, 2.75) is 20.3 Å². The number of benzene rings is 2. The molecule has 27 heavy (non-hydrogen) atoms. The van der Waals surface area contributed by atoms with E-state index in [1.807, 2.05) is 12.1 Å². The van der Waals surface area contributed by atoms with E-state index in [1.165, 1.54) is 11.3 Å². The van der Waals surface area contributed by atoms with E-state index in [4.69, 9.17) is 0 Å². The van der Waals surface area contributed by atoms with E-state index in [0.717, 1.165) is 43.4 Å². The van der Waals surface area contributed by atoms with Gasteiger partial charge in [-0.25, -0.2) is 9.97 Å². The monoisotopic (exact) mass is 361 g/mol. The number of hydrogen-bond acceptors (Lipinski definition) is 5. The van der Waals surface area contributed by atoms with Gasteiger partial charge in [0, 0.05) is 37.1 Å². The van der Waals surface area contributed by atoms with Gasteiger partial charge in [-0.15, -0.1) is 0 Å². The average molecular weight is 361 g/mol. The lowest BCUT2D eigenvalue weighted by Gasteiger charge is -2.21. The molecule has 0 saturated carbocycles. The molecule has 0 saturated heterocycles. The highest BCUT2D eigenvalue weighted by Gasteiger charge is 2.03. The summed E-state index contributed by atoms with van der Waals surface area (Å²) in [6, 6.07) is 20.8. The summed E-state index contributed by atoms with van der Waals surface area (Å²) in [5.74, 6) is 1.60. The summed E-state index contributed by atoms with van der Waals surface area (Å²) in [6.07, 6.45) is 2.54. The van der Waals surface area contributed by atoms with E-state index in [-0.39, 0.29) is 0 Å². The number of anilines is 4. The summed E-state index contributed by atoms with van der Waals surface area (Å²) in [4.78, 5) is 10.9. The maximum Gasteiger partial charge on any atom is 0.135 e. The van der Waals surface area contributed by atoms with Crippen molar-refractivity contribution in [2.75, 3.05) is 35.2 Å². The summed E-state index contributed by atoms with van der Waals surface area (Å²) in [7, 11) is 0. The smallest absolute Gasteiger partial charge is 0.135 e. The Hall–Kier alpha value is -3.08. The van der Waals surface area contributed by atoms with Crippen LogP contribution in [0.2, 0.25) is 0 Å². The Morgan fingerprint density at radius 3 is 2.26 bits per heavy atom. The molecule has 0 amide bonds. The fourth-order valence-corrected chi connectivity index (χ4v) is 2.99. The number of aromatic nitrogens is 2. The van der Waals surface area contributed by atoms with Gasteiger partial charge in [0.15, 0.2) is 0 Å². The van der Waals surface area contributed by atoms with Crippen molar-refractivity contribution in [3.63, 3.8) is 0 Å². The minimum atomic E-state index is 0.780. The molecule has 2 aromatic carbocycles. The third-order valence-corrected chi connectivity index (χ3v) is 4.50. The molecule has 1 aromatic heterocycles. The van der Waals surface area contributed by atoms with Crippen LogP contribution >= 0.6 is 0 Å². The van der Waals surface area contributed by atoms with Crippen molar-refractivity contribution >= 4 is 23.0 Å². The van der Waals surface area contributed by atoms with E-state index >= 15 is 0 Å². The first-order valence-corrected chi connectivity index (χ1v) is 9.50. The number of rotatable bonds is 9. The third-order valence-electron chi connectivity index (χ3n) is 4.50. The third kappa shape index (κ3) is 5.45. The summed E-state index contributed by atoms with van der Waals surface area (Å²) in [6.45, 7) is 7.19. The molecule has 0 radical (unpaired) electrons. The van der Waals surface area contributed by atoms with Crippen molar-refractivity contribution in [1.29, 1.82) is 0 Å². The quantitative estimate of drug-likeness (QED) is 0.577. The van der Waals surface area contributed by atoms with Gasteiger partial charge in [0.05, 0.1) is 0 Å². The molecule has 0 atom stereocenters. The Balaban J connectivity index is 1.57. The fraction of sp³-hybridized carbons (Fsp3) is 0.273. The fourth-order valence-electron chi connectivity index (χ4n) is 2.99. The van der Waals surface area contributed by atoms with Crippen LogP contribution in [0, 0.1) is 0 Å². The second kappa shape index (κ2) is 9.57. The maximum absolute atomic E-state index is 4.32. The Kier molecular flexibility index (Phi) is 6.63. The van der Waals surface area contributed by atoms with Gasteiger partial charge < -0.3 is 15.5 Å². The van der Waals surface area contributed by atoms with E-state index in [1.54, 1.807) is 6.33 Å². The largest absolute Gasteiger partial charge is 0.372 e. The van der Waals surface area contributed by atoms with E-state index in [0.29, 0.717) is 0 Å². The van der Waals surface area contributed by atoms with Crippen LogP contribution in [0.4, 0.5) is 23.0 Å². The highest BCUT2D eigenvalue weighted by Crippen LogP contribution is 2.21. The predicted molar refractivity (Wildman–Crippen MR) is 114 cm³/mol. The van der Waals surface area contributed by atoms with Crippen LogP contribution < -0.4 is 15.5 Å². The molecule has 0 spiro atoms. The second-order valence-electron chi connectivity index (χ2n) is 6.30. The van der Waals surface area contributed by atoms with Gasteiger partial charge in [0.2, 0.25) is 0 Å². The Morgan fingerprint density at radius 1 is 0.852 bits per heavy atom. The average Bonchev–Trinajstić information content (AvgIpc) is 2.71. The molecule has 0 aliphatic carbocycles. The lowest BCUT2D eigenvalue weighted by molar-refractivity contribution is 0.866. The Labute approximate surface area is 161 Å². The first-order valence-electron chi connectivity index (χ1n) is 9.50. The van der Waals surface area contributed by atoms with Gasteiger partial charge in [0.1, 0.15) is 18.0 Å². The Morgan fingerprint density at radius 2 is 1.56 bits per heavy atom. The van der Waals surface area contributed by atoms with E-state index in [2.05, 4.69) is 87.9 Å². The van der Waals surface area contributed by atoms with Crippen LogP contribution in [0.15, 0.2) is 67.0 Å². The van der Waals surface area contributed by atoms with Crippen LogP contribution in [-0.2, 0) is 6.42 Å². The SMILES string of the molecule is CCN(CC)c1ccc(Nc2cc(NCCc3ccccc3)ncn2)cc1. The van der Waals surface area contributed by atoms with E-state index < -0.39 is 0 Å². The minimum absolute atomic E-state index is 0.780. The molecule has 0 unspecified atom stereocenters. The van der Waals surface area contributed by atoms with Crippen molar-refractivity contribution in [3.8, 4) is 0 Å². The number of hydrogen-bond donors (Lipinski definition) is 2. The van der Waals surface area contributed by atoms with Crippen LogP contribution in [0.5, 0.6) is 0 Å². The molecule has 0 fully saturated rings. The molecule has 1 heterocycles. The lowest BCUT2D eigenvalue weighted by atomic mass is 10.1. The van der Waals surface area contributed by atoms with Crippen molar-refractivity contribution < 1.29 is 0 Å². The standard InChI is InChI=1S/C22H27N5/c1-3-27(4-2)20-12-10-19(11-13-20)26-22-16-21(24-17-25-22)23-15-14-18-8-6-5-7-9-18/h5-13,16-17H,3-4,14-15H2,1-2H3,(H2,23,24,25,26). The molecule has 0 aliphatic rings. The first-order chi connectivity index (χ1) is 13.3. The van der Waals surface area contributed by atoms with Gasteiger partial charge in [-0.1, -0.05) is 30.3 Å². The van der Waals surface area contributed by atoms with Gasteiger partial charge in [0.25, 0.3) is 0 Å². The summed E-state index contributed by atoms with van der Waals surface area (Å²) in [5, 5.41) is 6.71. The zero-order chi connectivity index (χ0) is 18.9. The van der Waals surface area contributed by atoms with Crippen molar-refractivity contribution in [3.05, 3.63) is 72.6 Å². The normalized spacial score (nSPS) is 10.4. The zero-order valence-electron chi connectivity index (χ0n) is 16.0.